The summed E-state index contributed by atoms with van der Waals surface area (Å²) in [7, 11) is 4.37. The summed E-state index contributed by atoms with van der Waals surface area (Å²) in [6.07, 6.45) is 56.2. The van der Waals surface area contributed by atoms with Crippen LogP contribution in [-0.4, -0.2) is 25.5 Å². The zero-order chi connectivity index (χ0) is 31.2. The van der Waals surface area contributed by atoms with Gasteiger partial charge >= 0.3 is 0 Å². The summed E-state index contributed by atoms with van der Waals surface area (Å²) in [5, 5.41) is 0. The number of unbranched alkanes of at least 4 members (excludes halogenated alkanes) is 37. The Bertz CT molecular complexity index is 458. The number of hydrogen-bond donors (Lipinski definition) is 0. The van der Waals surface area contributed by atoms with Crippen molar-refractivity contribution in [3.63, 3.8) is 0 Å². The molecule has 260 valence electrons. The van der Waals surface area contributed by atoms with Crippen molar-refractivity contribution in [2.45, 2.75) is 251 Å². The van der Waals surface area contributed by atoms with Crippen LogP contribution in [-0.2, 0) is 0 Å². The monoisotopic (exact) mass is 606 g/mol. The third-order valence-corrected chi connectivity index (χ3v) is 9.96. The molecule has 0 aromatic rings. The molecule has 0 aromatic carbocycles. The number of nitrogens with zero attached hydrogens (tertiary/aromatic N) is 1. The molecule has 0 amide bonds. The Morgan fingerprint density at radius 2 is 0.349 bits per heavy atom. The maximum absolute atomic E-state index is 2.31. The highest BCUT2D eigenvalue weighted by Crippen LogP contribution is 2.17. The highest BCUT2D eigenvalue weighted by atomic mass is 15.0. The SMILES string of the molecule is CCCCCCCCCCCCCCCCCCCCCCCCCCCCCCCCCCCCCCCCN(C)C. The molecular weight excluding hydrogens is 518 g/mol. The zero-order valence-corrected chi connectivity index (χ0v) is 31.0. The van der Waals surface area contributed by atoms with Crippen LogP contribution in [0.5, 0.6) is 0 Å². The summed E-state index contributed by atoms with van der Waals surface area (Å²) in [6.45, 7) is 3.57. The lowest BCUT2D eigenvalue weighted by molar-refractivity contribution is 0.389. The van der Waals surface area contributed by atoms with Crippen LogP contribution in [0.25, 0.3) is 0 Å². The van der Waals surface area contributed by atoms with Crippen LogP contribution in [0.15, 0.2) is 0 Å². The lowest BCUT2D eigenvalue weighted by atomic mass is 10.0. The molecule has 0 saturated carbocycles. The first-order valence-electron chi connectivity index (χ1n) is 20.9. The standard InChI is InChI=1S/C42H87N/c1-4-5-6-7-8-9-10-11-12-13-14-15-16-17-18-19-20-21-22-23-24-25-26-27-28-29-30-31-32-33-34-35-36-37-38-39-40-41-42-43(2)3/h4-42H2,1-3H3. The topological polar surface area (TPSA) is 3.24 Å². The smallest absolute Gasteiger partial charge is 0.00248 e. The second-order valence-corrected chi connectivity index (χ2v) is 14.9. The van der Waals surface area contributed by atoms with Gasteiger partial charge in [-0.05, 0) is 27.1 Å². The molecule has 0 radical (unpaired) electrons. The van der Waals surface area contributed by atoms with Gasteiger partial charge in [0.2, 0.25) is 0 Å². The molecule has 0 aromatic heterocycles. The summed E-state index contributed by atoms with van der Waals surface area (Å²) in [5.41, 5.74) is 0. The number of rotatable bonds is 39. The van der Waals surface area contributed by atoms with Crippen molar-refractivity contribution in [3.8, 4) is 0 Å². The molecule has 0 aliphatic heterocycles. The maximum atomic E-state index is 2.31. The first kappa shape index (κ1) is 43.0. The van der Waals surface area contributed by atoms with Gasteiger partial charge in [-0.25, -0.2) is 0 Å². The van der Waals surface area contributed by atoms with Crippen molar-refractivity contribution < 1.29 is 0 Å². The highest BCUT2D eigenvalue weighted by molar-refractivity contribution is 4.54. The van der Waals surface area contributed by atoms with E-state index in [9.17, 15) is 0 Å². The lowest BCUT2D eigenvalue weighted by Gasteiger charge is -2.08. The summed E-state index contributed by atoms with van der Waals surface area (Å²) in [4.78, 5) is 2.31. The van der Waals surface area contributed by atoms with Crippen LogP contribution in [0.1, 0.15) is 251 Å². The molecule has 0 aliphatic rings. The van der Waals surface area contributed by atoms with E-state index in [1.165, 1.54) is 251 Å². The van der Waals surface area contributed by atoms with E-state index in [0.29, 0.717) is 0 Å². The van der Waals surface area contributed by atoms with Crippen LogP contribution in [0.2, 0.25) is 0 Å². The minimum Gasteiger partial charge on any atom is -0.309 e. The van der Waals surface area contributed by atoms with Gasteiger partial charge in [-0.2, -0.15) is 0 Å². The molecule has 0 atom stereocenters. The average Bonchev–Trinajstić information content (AvgIpc) is 3.00. The fourth-order valence-corrected chi connectivity index (χ4v) is 6.87. The van der Waals surface area contributed by atoms with Gasteiger partial charge in [0.15, 0.2) is 0 Å². The normalized spacial score (nSPS) is 11.7. The molecule has 43 heavy (non-hydrogen) atoms. The minimum atomic E-state index is 1.26. The average molecular weight is 606 g/mol. The zero-order valence-electron chi connectivity index (χ0n) is 31.0. The Hall–Kier alpha value is -0.0400. The van der Waals surface area contributed by atoms with E-state index in [1.54, 1.807) is 0 Å². The van der Waals surface area contributed by atoms with Crippen molar-refractivity contribution in [1.82, 2.24) is 4.90 Å². The predicted octanol–water partition coefficient (Wildman–Crippen LogP) is 15.4. The molecule has 0 unspecified atom stereocenters. The minimum absolute atomic E-state index is 1.26. The van der Waals surface area contributed by atoms with E-state index >= 15 is 0 Å². The van der Waals surface area contributed by atoms with Crippen LogP contribution in [0.4, 0.5) is 0 Å². The number of hydrogen-bond acceptors (Lipinski definition) is 1. The molecule has 0 saturated heterocycles. The van der Waals surface area contributed by atoms with E-state index in [1.807, 2.05) is 0 Å². The first-order valence-corrected chi connectivity index (χ1v) is 20.9. The van der Waals surface area contributed by atoms with Crippen LogP contribution in [0, 0.1) is 0 Å². The molecule has 0 aliphatic carbocycles. The summed E-state index contributed by atoms with van der Waals surface area (Å²) >= 11 is 0. The molecule has 0 fully saturated rings. The Kier molecular flexibility index (Phi) is 39.9. The fraction of sp³-hybridized carbons (Fsp3) is 1.00. The fourth-order valence-electron chi connectivity index (χ4n) is 6.87. The van der Waals surface area contributed by atoms with Crippen molar-refractivity contribution in [2.75, 3.05) is 20.6 Å². The third kappa shape index (κ3) is 42.0. The maximum Gasteiger partial charge on any atom is -0.00248 e. The Morgan fingerprint density at radius 1 is 0.209 bits per heavy atom. The van der Waals surface area contributed by atoms with E-state index in [0.717, 1.165) is 0 Å². The van der Waals surface area contributed by atoms with Gasteiger partial charge in [-0.3, -0.25) is 0 Å². The second-order valence-electron chi connectivity index (χ2n) is 14.9. The Labute approximate surface area is 275 Å². The summed E-state index contributed by atoms with van der Waals surface area (Å²) < 4.78 is 0. The first-order chi connectivity index (χ1) is 21.3. The van der Waals surface area contributed by atoms with E-state index in [4.69, 9.17) is 0 Å². The molecule has 1 heteroatoms. The van der Waals surface area contributed by atoms with Crippen molar-refractivity contribution in [1.29, 1.82) is 0 Å². The Balaban J connectivity index is 3.03. The lowest BCUT2D eigenvalue weighted by Crippen LogP contribution is -2.12. The quantitative estimate of drug-likeness (QED) is 0.0630. The molecule has 0 bridgehead atoms. The van der Waals surface area contributed by atoms with Gasteiger partial charge in [-0.1, -0.05) is 244 Å². The van der Waals surface area contributed by atoms with E-state index < -0.39 is 0 Å². The molecular formula is C42H87N. The van der Waals surface area contributed by atoms with Crippen molar-refractivity contribution >= 4 is 0 Å². The summed E-state index contributed by atoms with van der Waals surface area (Å²) in [6, 6.07) is 0. The van der Waals surface area contributed by atoms with Crippen molar-refractivity contribution in [3.05, 3.63) is 0 Å². The second kappa shape index (κ2) is 40.0. The van der Waals surface area contributed by atoms with Crippen LogP contribution >= 0.6 is 0 Å². The molecule has 1 nitrogen and oxygen atoms in total. The highest BCUT2D eigenvalue weighted by Gasteiger charge is 1.98. The van der Waals surface area contributed by atoms with Gasteiger partial charge in [0.05, 0.1) is 0 Å². The van der Waals surface area contributed by atoms with E-state index in [-0.39, 0.29) is 0 Å². The third-order valence-electron chi connectivity index (χ3n) is 9.96. The van der Waals surface area contributed by atoms with Gasteiger partial charge in [0.25, 0.3) is 0 Å². The Morgan fingerprint density at radius 3 is 0.488 bits per heavy atom. The van der Waals surface area contributed by atoms with Crippen LogP contribution in [0.3, 0.4) is 0 Å². The van der Waals surface area contributed by atoms with Gasteiger partial charge in [0, 0.05) is 0 Å². The molecule has 0 heterocycles. The predicted molar refractivity (Wildman–Crippen MR) is 200 cm³/mol. The van der Waals surface area contributed by atoms with Gasteiger partial charge in [-0.15, -0.1) is 0 Å². The van der Waals surface area contributed by atoms with E-state index in [2.05, 4.69) is 25.9 Å². The van der Waals surface area contributed by atoms with Crippen LogP contribution < -0.4 is 0 Å². The largest absolute Gasteiger partial charge is 0.309 e. The molecule has 0 rings (SSSR count). The van der Waals surface area contributed by atoms with Gasteiger partial charge < -0.3 is 4.90 Å². The molecule has 0 N–H and O–H groups in total. The molecule has 0 spiro atoms. The van der Waals surface area contributed by atoms with Crippen molar-refractivity contribution in [2.24, 2.45) is 0 Å². The van der Waals surface area contributed by atoms with Gasteiger partial charge in [0.1, 0.15) is 0 Å². The summed E-state index contributed by atoms with van der Waals surface area (Å²) in [5.74, 6) is 0.